The number of amides is 1. The molecule has 0 spiro atoms. The Kier molecular flexibility index (Phi) is 6.80. The first-order valence-electron chi connectivity index (χ1n) is 9.96. The third kappa shape index (κ3) is 5.41. The molecule has 2 aromatic rings. The molecule has 1 saturated heterocycles. The van der Waals surface area contributed by atoms with Gasteiger partial charge in [0, 0.05) is 24.8 Å². The van der Waals surface area contributed by atoms with Gasteiger partial charge in [0.05, 0.1) is 13.2 Å². The third-order valence-electron chi connectivity index (χ3n) is 5.20. The van der Waals surface area contributed by atoms with Crippen molar-refractivity contribution in [3.63, 3.8) is 0 Å². The van der Waals surface area contributed by atoms with E-state index < -0.39 is 0 Å². The van der Waals surface area contributed by atoms with E-state index in [0.717, 1.165) is 24.6 Å². The number of carbonyl (C=O) groups is 1. The molecule has 0 radical (unpaired) electrons. The van der Waals surface area contributed by atoms with Crippen LogP contribution in [-0.2, 0) is 4.79 Å². The highest BCUT2D eigenvalue weighted by molar-refractivity contribution is 5.78. The van der Waals surface area contributed by atoms with Gasteiger partial charge in [-0.05, 0) is 55.5 Å². The van der Waals surface area contributed by atoms with Crippen molar-refractivity contribution in [2.24, 2.45) is 5.92 Å². The van der Waals surface area contributed by atoms with Gasteiger partial charge in [0.1, 0.15) is 11.5 Å². The lowest BCUT2D eigenvalue weighted by molar-refractivity contribution is -0.123. The largest absolute Gasteiger partial charge is 0.497 e. The maximum absolute atomic E-state index is 12.2. The first-order valence-corrected chi connectivity index (χ1v) is 9.96. The number of hydrogen-bond acceptors (Lipinski definition) is 4. The minimum atomic E-state index is -0.149. The van der Waals surface area contributed by atoms with Gasteiger partial charge < -0.3 is 19.7 Å². The fraction of sp³-hybridized carbons (Fsp3) is 0.435. The Labute approximate surface area is 167 Å². The summed E-state index contributed by atoms with van der Waals surface area (Å²) in [6.07, 6.45) is 2.57. The molecule has 0 aromatic heterocycles. The molecule has 1 heterocycles. The van der Waals surface area contributed by atoms with E-state index in [-0.39, 0.29) is 18.6 Å². The van der Waals surface area contributed by atoms with E-state index in [4.69, 9.17) is 9.47 Å². The van der Waals surface area contributed by atoms with Gasteiger partial charge in [0.25, 0.3) is 5.91 Å². The molecule has 0 bridgehead atoms. The highest BCUT2D eigenvalue weighted by atomic mass is 16.5. The van der Waals surface area contributed by atoms with Gasteiger partial charge in [-0.25, -0.2) is 0 Å². The molecule has 1 amide bonds. The lowest BCUT2D eigenvalue weighted by atomic mass is 9.99. The van der Waals surface area contributed by atoms with Crippen molar-refractivity contribution in [2.75, 3.05) is 31.7 Å². The Bertz CT molecular complexity index is 776. The summed E-state index contributed by atoms with van der Waals surface area (Å²) in [4.78, 5) is 14.7. The molecule has 28 heavy (non-hydrogen) atoms. The van der Waals surface area contributed by atoms with Gasteiger partial charge in [-0.3, -0.25) is 4.79 Å². The average Bonchev–Trinajstić information content (AvgIpc) is 2.72. The fourth-order valence-corrected chi connectivity index (χ4v) is 3.60. The van der Waals surface area contributed by atoms with Crippen molar-refractivity contribution in [3.8, 4) is 11.5 Å². The molecule has 0 aliphatic carbocycles. The smallest absolute Gasteiger partial charge is 0.258 e. The Morgan fingerprint density at radius 3 is 2.68 bits per heavy atom. The predicted molar refractivity (Wildman–Crippen MR) is 112 cm³/mol. The van der Waals surface area contributed by atoms with Crippen LogP contribution in [-0.4, -0.2) is 32.7 Å². The third-order valence-corrected chi connectivity index (χ3v) is 5.20. The van der Waals surface area contributed by atoms with Crippen LogP contribution in [0.5, 0.6) is 11.5 Å². The van der Waals surface area contributed by atoms with Crippen LogP contribution in [0.3, 0.4) is 0 Å². The molecular formula is C23H30N2O3. The van der Waals surface area contributed by atoms with Crippen LogP contribution in [0.2, 0.25) is 0 Å². The van der Waals surface area contributed by atoms with Crippen molar-refractivity contribution in [1.29, 1.82) is 0 Å². The Morgan fingerprint density at radius 1 is 1.21 bits per heavy atom. The summed E-state index contributed by atoms with van der Waals surface area (Å²) in [6.45, 7) is 6.51. The number of hydrogen-bond donors (Lipinski definition) is 1. The Hall–Kier alpha value is -2.69. The Balaban J connectivity index is 1.50. The number of rotatable bonds is 7. The number of ether oxygens (including phenoxy) is 2. The summed E-state index contributed by atoms with van der Waals surface area (Å²) < 4.78 is 10.7. The van der Waals surface area contributed by atoms with Crippen LogP contribution >= 0.6 is 0 Å². The maximum atomic E-state index is 12.2. The lowest BCUT2D eigenvalue weighted by Crippen LogP contribution is -2.34. The van der Waals surface area contributed by atoms with E-state index in [0.29, 0.717) is 11.5 Å². The van der Waals surface area contributed by atoms with Crippen molar-refractivity contribution in [1.82, 2.24) is 5.32 Å². The van der Waals surface area contributed by atoms with Crippen molar-refractivity contribution in [3.05, 3.63) is 54.1 Å². The molecule has 1 aliphatic heterocycles. The summed E-state index contributed by atoms with van der Waals surface area (Å²) in [5.41, 5.74) is 2.35. The molecule has 2 aromatic carbocycles. The standard InChI is InChI=1S/C23H30N2O3/c1-17-6-5-13-25(15-17)20-11-9-19(10-12-20)18(2)24-23(26)16-28-22-8-4-7-21(14-22)27-3/h4,7-12,14,17-18H,5-6,13,15-16H2,1-3H3,(H,24,26)/t17-,18-/m1/s1. The number of nitrogens with zero attached hydrogens (tertiary/aromatic N) is 1. The highest BCUT2D eigenvalue weighted by Crippen LogP contribution is 2.24. The number of benzene rings is 2. The SMILES string of the molecule is COc1cccc(OCC(=O)N[C@H](C)c2ccc(N3CCC[C@@H](C)C3)cc2)c1. The molecule has 1 fully saturated rings. The molecule has 5 heteroatoms. The normalized spacial score (nSPS) is 17.7. The van der Waals surface area contributed by atoms with Crippen molar-refractivity contribution >= 4 is 11.6 Å². The van der Waals surface area contributed by atoms with Gasteiger partial charge >= 0.3 is 0 Å². The lowest BCUT2D eigenvalue weighted by Gasteiger charge is -2.33. The van der Waals surface area contributed by atoms with Crippen LogP contribution in [0.1, 0.15) is 38.3 Å². The van der Waals surface area contributed by atoms with E-state index in [2.05, 4.69) is 41.4 Å². The summed E-state index contributed by atoms with van der Waals surface area (Å²) in [6, 6.07) is 15.7. The van der Waals surface area contributed by atoms with Gasteiger partial charge in [-0.1, -0.05) is 25.1 Å². The second-order valence-electron chi connectivity index (χ2n) is 7.54. The van der Waals surface area contributed by atoms with E-state index in [9.17, 15) is 4.79 Å². The zero-order chi connectivity index (χ0) is 19.9. The molecule has 3 rings (SSSR count). The zero-order valence-electron chi connectivity index (χ0n) is 17.0. The topological polar surface area (TPSA) is 50.8 Å². The maximum Gasteiger partial charge on any atom is 0.258 e. The van der Waals surface area contributed by atoms with Crippen LogP contribution in [0, 0.1) is 5.92 Å². The molecule has 150 valence electrons. The van der Waals surface area contributed by atoms with E-state index in [1.54, 1.807) is 19.2 Å². The molecular weight excluding hydrogens is 352 g/mol. The number of anilines is 1. The molecule has 0 unspecified atom stereocenters. The minimum absolute atomic E-state index is 0.0265. The van der Waals surface area contributed by atoms with Gasteiger partial charge in [-0.15, -0.1) is 0 Å². The first kappa shape index (κ1) is 20.1. The number of nitrogens with one attached hydrogen (secondary N) is 1. The quantitative estimate of drug-likeness (QED) is 0.780. The average molecular weight is 383 g/mol. The summed E-state index contributed by atoms with van der Waals surface area (Å²) in [5.74, 6) is 1.91. The summed E-state index contributed by atoms with van der Waals surface area (Å²) in [5, 5.41) is 2.99. The van der Waals surface area contributed by atoms with E-state index in [1.165, 1.54) is 18.5 Å². The minimum Gasteiger partial charge on any atom is -0.497 e. The molecule has 2 atom stereocenters. The van der Waals surface area contributed by atoms with Gasteiger partial charge in [0.2, 0.25) is 0 Å². The zero-order valence-corrected chi connectivity index (χ0v) is 17.0. The van der Waals surface area contributed by atoms with E-state index in [1.807, 2.05) is 19.1 Å². The van der Waals surface area contributed by atoms with Crippen LogP contribution in [0.4, 0.5) is 5.69 Å². The Morgan fingerprint density at radius 2 is 1.96 bits per heavy atom. The second kappa shape index (κ2) is 9.49. The van der Waals surface area contributed by atoms with Crippen LogP contribution in [0.15, 0.2) is 48.5 Å². The molecule has 1 aliphatic rings. The van der Waals surface area contributed by atoms with Gasteiger partial charge in [-0.2, -0.15) is 0 Å². The van der Waals surface area contributed by atoms with Crippen molar-refractivity contribution in [2.45, 2.75) is 32.7 Å². The second-order valence-corrected chi connectivity index (χ2v) is 7.54. The predicted octanol–water partition coefficient (Wildman–Crippen LogP) is 4.19. The number of carbonyl (C=O) groups excluding carboxylic acids is 1. The molecule has 0 saturated carbocycles. The summed E-state index contributed by atoms with van der Waals surface area (Å²) in [7, 11) is 1.60. The number of piperidine rings is 1. The fourth-order valence-electron chi connectivity index (χ4n) is 3.60. The molecule has 1 N–H and O–H groups in total. The number of methoxy groups -OCH3 is 1. The van der Waals surface area contributed by atoms with Crippen LogP contribution < -0.4 is 19.7 Å². The van der Waals surface area contributed by atoms with E-state index >= 15 is 0 Å². The monoisotopic (exact) mass is 382 g/mol. The highest BCUT2D eigenvalue weighted by Gasteiger charge is 2.17. The summed E-state index contributed by atoms with van der Waals surface area (Å²) >= 11 is 0. The van der Waals surface area contributed by atoms with Crippen molar-refractivity contribution < 1.29 is 14.3 Å². The first-order chi connectivity index (χ1) is 13.5. The van der Waals surface area contributed by atoms with Gasteiger partial charge in [0.15, 0.2) is 6.61 Å². The molecule has 5 nitrogen and oxygen atoms in total. The van der Waals surface area contributed by atoms with Crippen LogP contribution in [0.25, 0.3) is 0 Å².